The van der Waals surface area contributed by atoms with Crippen molar-refractivity contribution in [1.29, 1.82) is 0 Å². The number of hydrogen-bond acceptors (Lipinski definition) is 11. The number of morpholine rings is 1. The van der Waals surface area contributed by atoms with Crippen molar-refractivity contribution in [2.24, 2.45) is 11.8 Å². The minimum Gasteiger partial charge on any atom is -0.508 e. The summed E-state index contributed by atoms with van der Waals surface area (Å²) in [7, 11) is 1.22. The predicted molar refractivity (Wildman–Crippen MR) is 261 cm³/mol. The van der Waals surface area contributed by atoms with E-state index in [1.807, 2.05) is 89.8 Å². The number of aromatic nitrogens is 1. The van der Waals surface area contributed by atoms with Crippen LogP contribution in [-0.2, 0) is 34.1 Å². The quantitative estimate of drug-likeness (QED) is 0.0990. The number of ether oxygens (including phenoxy) is 2. The number of fused-ring (bicyclic) bond motifs is 4. The molecule has 2 fully saturated rings. The standard InChI is InChI=1S/C55H49N5O8S/c1-32(2)44(50(63)67-3)57-54(66)59-41-30-25-34(24-23-33-15-7-4-8-16-33)31-39(41)55(52(59)65)43(49(62)58-53-56-40-21-13-14-22-42(40)69-53)46-51(64)68-47(36-19-11-6-12-20-36)45(35-17-9-5-10-18-35)60(46)48(55)37-26-28-38(61)29-27-37/h5-6,9-15,17-22,25-32,43-48,61H,4,7-8,16H2,1-3H3,(H,57,66)(H,56,58,62)/t43-,44+,45-,46-,47+,48+,55-/m1/s1. The summed E-state index contributed by atoms with van der Waals surface area (Å²) < 4.78 is 12.5. The Morgan fingerprint density at radius 3 is 2.25 bits per heavy atom. The normalized spacial score (nSPS) is 23.3. The molecule has 4 amide bonds. The maximum Gasteiger partial charge on any atom is 0.329 e. The van der Waals surface area contributed by atoms with Gasteiger partial charge in [0.05, 0.1) is 41.0 Å². The van der Waals surface area contributed by atoms with Gasteiger partial charge in [0.15, 0.2) is 5.13 Å². The van der Waals surface area contributed by atoms with Crippen LogP contribution in [0.5, 0.6) is 5.75 Å². The number of rotatable bonds is 8. The van der Waals surface area contributed by atoms with E-state index in [0.29, 0.717) is 22.2 Å². The number of esters is 2. The number of carbonyl (C=O) groups is 5. The van der Waals surface area contributed by atoms with Gasteiger partial charge in [-0.25, -0.2) is 19.5 Å². The van der Waals surface area contributed by atoms with E-state index >= 15 is 19.2 Å². The number of imide groups is 1. The Bertz CT molecular complexity index is 3060. The van der Waals surface area contributed by atoms with Crippen LogP contribution in [0, 0.1) is 23.7 Å². The smallest absolute Gasteiger partial charge is 0.329 e. The summed E-state index contributed by atoms with van der Waals surface area (Å²) in [6.45, 7) is 3.49. The van der Waals surface area contributed by atoms with Crippen molar-refractivity contribution in [3.05, 3.63) is 167 Å². The lowest BCUT2D eigenvalue weighted by Gasteiger charge is -2.46. The molecule has 3 aliphatic heterocycles. The topological polar surface area (TPSA) is 167 Å². The Morgan fingerprint density at radius 2 is 1.57 bits per heavy atom. The van der Waals surface area contributed by atoms with Crippen LogP contribution in [0.1, 0.15) is 85.5 Å². The average molecular weight is 940 g/mol. The van der Waals surface area contributed by atoms with Crippen molar-refractivity contribution in [2.45, 2.75) is 75.2 Å². The molecular formula is C55H49N5O8S. The number of cyclic esters (lactones) is 1. The highest BCUT2D eigenvalue weighted by Gasteiger charge is 2.75. The number of para-hydroxylation sites is 1. The van der Waals surface area contributed by atoms with Gasteiger partial charge >= 0.3 is 18.0 Å². The molecule has 0 unspecified atom stereocenters. The zero-order valence-corrected chi connectivity index (χ0v) is 38.9. The van der Waals surface area contributed by atoms with E-state index in [9.17, 15) is 9.90 Å². The minimum absolute atomic E-state index is 0.0523. The zero-order valence-electron chi connectivity index (χ0n) is 38.1. The molecule has 13 nitrogen and oxygen atoms in total. The van der Waals surface area contributed by atoms with Gasteiger partial charge in [-0.1, -0.05) is 128 Å². The number of amides is 4. The number of benzene rings is 5. The lowest BCUT2D eigenvalue weighted by molar-refractivity contribution is -0.177. The van der Waals surface area contributed by atoms with Gasteiger partial charge in [-0.2, -0.15) is 0 Å². The third-order valence-corrected chi connectivity index (χ3v) is 14.7. The van der Waals surface area contributed by atoms with Crippen LogP contribution in [0.25, 0.3) is 10.2 Å². The first kappa shape index (κ1) is 45.2. The Morgan fingerprint density at radius 1 is 0.855 bits per heavy atom. The van der Waals surface area contributed by atoms with Crippen LogP contribution >= 0.6 is 11.3 Å². The fourth-order valence-corrected chi connectivity index (χ4v) is 11.5. The zero-order chi connectivity index (χ0) is 48.0. The monoisotopic (exact) mass is 939 g/mol. The number of methoxy groups -OCH3 is 1. The van der Waals surface area contributed by atoms with Crippen LogP contribution in [-0.4, -0.2) is 64.0 Å². The second kappa shape index (κ2) is 18.5. The summed E-state index contributed by atoms with van der Waals surface area (Å²) in [6.07, 6.45) is 5.01. The van der Waals surface area contributed by atoms with Gasteiger partial charge < -0.3 is 25.2 Å². The van der Waals surface area contributed by atoms with E-state index in [4.69, 9.17) is 14.5 Å². The van der Waals surface area contributed by atoms with Crippen LogP contribution in [0.15, 0.2) is 139 Å². The van der Waals surface area contributed by atoms with Gasteiger partial charge in [-0.05, 0) is 102 Å². The highest BCUT2D eigenvalue weighted by molar-refractivity contribution is 7.22. The molecule has 4 aliphatic rings. The first-order valence-corrected chi connectivity index (χ1v) is 23.9. The Labute approximate surface area is 403 Å². The fourth-order valence-electron chi connectivity index (χ4n) is 10.7. The second-order valence-corrected chi connectivity index (χ2v) is 19.2. The van der Waals surface area contributed by atoms with E-state index in [2.05, 4.69) is 28.6 Å². The number of hydrogen-bond donors (Lipinski definition) is 3. The molecule has 14 heteroatoms. The second-order valence-electron chi connectivity index (χ2n) is 18.1. The van der Waals surface area contributed by atoms with Crippen molar-refractivity contribution < 1.29 is 38.6 Å². The van der Waals surface area contributed by atoms with Crippen molar-refractivity contribution in [3.8, 4) is 17.6 Å². The Balaban J connectivity index is 1.27. The molecule has 6 aromatic rings. The van der Waals surface area contributed by atoms with Gasteiger partial charge in [0, 0.05) is 5.56 Å². The van der Waals surface area contributed by atoms with Crippen LogP contribution in [0.4, 0.5) is 15.6 Å². The maximum atomic E-state index is 16.6. The van der Waals surface area contributed by atoms with E-state index in [1.54, 1.807) is 44.2 Å². The Hall–Kier alpha value is -7.60. The number of carbonyl (C=O) groups excluding carboxylic acids is 5. The number of urea groups is 1. The highest BCUT2D eigenvalue weighted by Crippen LogP contribution is 2.66. The lowest BCUT2D eigenvalue weighted by Crippen LogP contribution is -2.57. The van der Waals surface area contributed by atoms with Crippen molar-refractivity contribution in [2.75, 3.05) is 17.3 Å². The number of anilines is 2. The van der Waals surface area contributed by atoms with Crippen molar-refractivity contribution in [3.63, 3.8) is 0 Å². The number of phenolic OH excluding ortho intramolecular Hbond substituents is 1. The summed E-state index contributed by atoms with van der Waals surface area (Å²) in [5.41, 5.74) is 2.31. The van der Waals surface area contributed by atoms with E-state index in [1.165, 1.54) is 30.6 Å². The third kappa shape index (κ3) is 7.91. The molecule has 7 atom stereocenters. The largest absolute Gasteiger partial charge is 0.508 e. The number of nitrogens with zero attached hydrogens (tertiary/aromatic N) is 3. The number of phenols is 1. The first-order chi connectivity index (χ1) is 33.5. The number of thiazole rings is 1. The van der Waals surface area contributed by atoms with Crippen molar-refractivity contribution in [1.82, 2.24) is 15.2 Å². The van der Waals surface area contributed by atoms with Gasteiger partial charge in [-0.3, -0.25) is 19.3 Å². The molecular weight excluding hydrogens is 891 g/mol. The maximum absolute atomic E-state index is 16.6. The molecule has 5 aromatic carbocycles. The van der Waals surface area contributed by atoms with Crippen LogP contribution in [0.3, 0.4) is 0 Å². The molecule has 348 valence electrons. The summed E-state index contributed by atoms with van der Waals surface area (Å²) >= 11 is 1.24. The van der Waals surface area contributed by atoms with E-state index in [0.717, 1.165) is 46.4 Å². The van der Waals surface area contributed by atoms with Crippen molar-refractivity contribution >= 4 is 62.2 Å². The van der Waals surface area contributed by atoms with Gasteiger partial charge in [0.2, 0.25) is 11.8 Å². The predicted octanol–water partition coefficient (Wildman–Crippen LogP) is 9.07. The summed E-state index contributed by atoms with van der Waals surface area (Å²) in [6, 6.07) is 32.1. The SMILES string of the molecule is COC(=O)[C@@H](NC(=O)N1C(=O)[C@@]2(c3cc(C#CC4=CCCCC4)ccc31)[C@H](c1ccc(O)cc1)N1[C@H](c3ccccc3)[C@H](c3ccccc3)OC(=O)[C@H]1[C@@H]2C(=O)Nc1nc2ccccc2s1)C(C)C. The van der Waals surface area contributed by atoms with Gasteiger partial charge in [0.25, 0.3) is 0 Å². The van der Waals surface area contributed by atoms with E-state index < -0.39 is 77.3 Å². The molecule has 10 rings (SSSR count). The van der Waals surface area contributed by atoms with Crippen LogP contribution in [0.2, 0.25) is 0 Å². The number of aromatic hydroxyl groups is 1. The third-order valence-electron chi connectivity index (χ3n) is 13.7. The van der Waals surface area contributed by atoms with E-state index in [-0.39, 0.29) is 22.1 Å². The molecule has 1 spiro atoms. The molecule has 1 aliphatic carbocycles. The molecule has 1 aromatic heterocycles. The van der Waals surface area contributed by atoms with Crippen LogP contribution < -0.4 is 15.5 Å². The lowest BCUT2D eigenvalue weighted by atomic mass is 9.65. The Kier molecular flexibility index (Phi) is 12.1. The summed E-state index contributed by atoms with van der Waals surface area (Å²) in [5, 5.41) is 16.8. The minimum atomic E-state index is -2.10. The molecule has 2 saturated heterocycles. The molecule has 0 radical (unpaired) electrons. The molecule has 4 heterocycles. The summed E-state index contributed by atoms with van der Waals surface area (Å²) in [5.74, 6) is 1.53. The fraction of sp³-hybridized carbons (Fsp3) is 0.273. The first-order valence-electron chi connectivity index (χ1n) is 23.1. The summed E-state index contributed by atoms with van der Waals surface area (Å²) in [4.78, 5) is 83.9. The molecule has 3 N–H and O–H groups in total. The van der Waals surface area contributed by atoms with Gasteiger partial charge in [0.1, 0.15) is 29.4 Å². The molecule has 0 saturated carbocycles. The number of allylic oxidation sites excluding steroid dienone is 2. The molecule has 0 bridgehead atoms. The average Bonchev–Trinajstić information content (AvgIpc) is 4.01. The van der Waals surface area contributed by atoms with Gasteiger partial charge in [-0.15, -0.1) is 0 Å². The molecule has 69 heavy (non-hydrogen) atoms. The number of nitrogens with one attached hydrogen (secondary N) is 2. The highest BCUT2D eigenvalue weighted by atomic mass is 32.1.